The monoisotopic (exact) mass is 192 g/mol. The minimum absolute atomic E-state index is 0.0440. The fourth-order valence-electron chi connectivity index (χ4n) is 1.28. The molecule has 0 aromatic carbocycles. The molecule has 70 valence electrons. The molecule has 3 N–H and O–H groups in total. The van der Waals surface area contributed by atoms with E-state index in [9.17, 15) is 13.2 Å². The van der Waals surface area contributed by atoms with E-state index in [-0.39, 0.29) is 17.4 Å². The Morgan fingerprint density at radius 2 is 2.25 bits per heavy atom. The van der Waals surface area contributed by atoms with E-state index >= 15 is 0 Å². The standard InChI is InChI=1S/C6H12N2O3S/c7-6(9)8-3-5-1-2-12(10,11)4-5/h5H,1-4H2,(H3,7,8,9). The molecule has 1 unspecified atom stereocenters. The zero-order chi connectivity index (χ0) is 9.19. The van der Waals surface area contributed by atoms with E-state index in [1.165, 1.54) is 0 Å². The van der Waals surface area contributed by atoms with Gasteiger partial charge in [-0.3, -0.25) is 0 Å². The lowest BCUT2D eigenvalue weighted by molar-refractivity contribution is 0.247. The van der Waals surface area contributed by atoms with E-state index < -0.39 is 15.9 Å². The molecule has 5 nitrogen and oxygen atoms in total. The van der Waals surface area contributed by atoms with Crippen LogP contribution in [0.25, 0.3) is 0 Å². The second-order valence-corrected chi connectivity index (χ2v) is 5.24. The highest BCUT2D eigenvalue weighted by Gasteiger charge is 2.27. The summed E-state index contributed by atoms with van der Waals surface area (Å²) >= 11 is 0. The summed E-state index contributed by atoms with van der Waals surface area (Å²) in [6.45, 7) is 0.370. The highest BCUT2D eigenvalue weighted by Crippen LogP contribution is 2.16. The summed E-state index contributed by atoms with van der Waals surface area (Å²) in [5, 5.41) is 2.40. The molecular formula is C6H12N2O3S. The van der Waals surface area contributed by atoms with Crippen molar-refractivity contribution in [3.05, 3.63) is 0 Å². The van der Waals surface area contributed by atoms with Crippen molar-refractivity contribution in [3.8, 4) is 0 Å². The van der Waals surface area contributed by atoms with Crippen molar-refractivity contribution < 1.29 is 13.2 Å². The second kappa shape index (κ2) is 3.30. The summed E-state index contributed by atoms with van der Waals surface area (Å²) < 4.78 is 21.9. The van der Waals surface area contributed by atoms with Crippen molar-refractivity contribution in [1.82, 2.24) is 5.32 Å². The molecule has 0 spiro atoms. The molecule has 0 bridgehead atoms. The van der Waals surface area contributed by atoms with Crippen LogP contribution >= 0.6 is 0 Å². The highest BCUT2D eigenvalue weighted by molar-refractivity contribution is 7.91. The Morgan fingerprint density at radius 3 is 2.67 bits per heavy atom. The number of primary amides is 1. The SMILES string of the molecule is NC(=O)NCC1CCS(=O)(=O)C1. The fraction of sp³-hybridized carbons (Fsp3) is 0.833. The number of rotatable bonds is 2. The van der Waals surface area contributed by atoms with Gasteiger partial charge in [0.25, 0.3) is 0 Å². The lowest BCUT2D eigenvalue weighted by atomic mass is 10.1. The van der Waals surface area contributed by atoms with Gasteiger partial charge in [0.2, 0.25) is 0 Å². The number of urea groups is 1. The third-order valence-electron chi connectivity index (χ3n) is 1.89. The summed E-state index contributed by atoms with van der Waals surface area (Å²) in [5.74, 6) is 0.452. The third-order valence-corrected chi connectivity index (χ3v) is 3.73. The zero-order valence-electron chi connectivity index (χ0n) is 6.62. The smallest absolute Gasteiger partial charge is 0.312 e. The Morgan fingerprint density at radius 1 is 1.58 bits per heavy atom. The minimum atomic E-state index is -2.84. The molecule has 1 heterocycles. The van der Waals surface area contributed by atoms with Crippen LogP contribution in [0.3, 0.4) is 0 Å². The number of amides is 2. The van der Waals surface area contributed by atoms with E-state index in [2.05, 4.69) is 5.32 Å². The largest absolute Gasteiger partial charge is 0.352 e. The number of carbonyl (C=O) groups is 1. The number of sulfone groups is 1. The molecule has 1 saturated heterocycles. The first-order chi connectivity index (χ1) is 5.49. The molecule has 1 fully saturated rings. The van der Waals surface area contributed by atoms with Gasteiger partial charge >= 0.3 is 6.03 Å². The van der Waals surface area contributed by atoms with Crippen LogP contribution in [-0.4, -0.2) is 32.5 Å². The lowest BCUT2D eigenvalue weighted by Gasteiger charge is -2.06. The van der Waals surface area contributed by atoms with Crippen LogP contribution in [0, 0.1) is 5.92 Å². The molecule has 6 heteroatoms. The molecule has 1 rings (SSSR count). The minimum Gasteiger partial charge on any atom is -0.352 e. The molecule has 0 aromatic heterocycles. The number of hydrogen-bond acceptors (Lipinski definition) is 3. The topological polar surface area (TPSA) is 89.3 Å². The van der Waals surface area contributed by atoms with Gasteiger partial charge in [-0.15, -0.1) is 0 Å². The summed E-state index contributed by atoms with van der Waals surface area (Å²) in [7, 11) is -2.84. The van der Waals surface area contributed by atoms with Crippen molar-refractivity contribution in [3.63, 3.8) is 0 Å². The number of nitrogens with two attached hydrogens (primary N) is 1. The average molecular weight is 192 g/mol. The molecule has 1 aliphatic rings. The van der Waals surface area contributed by atoms with Crippen LogP contribution < -0.4 is 11.1 Å². The molecule has 1 atom stereocenters. The van der Waals surface area contributed by atoms with Gasteiger partial charge in [0, 0.05) is 6.54 Å². The molecular weight excluding hydrogens is 180 g/mol. The van der Waals surface area contributed by atoms with Gasteiger partial charge in [0.15, 0.2) is 9.84 Å². The third kappa shape index (κ3) is 2.69. The summed E-state index contributed by atoms with van der Waals surface area (Å²) in [5.41, 5.74) is 4.84. The van der Waals surface area contributed by atoms with Gasteiger partial charge in [-0.2, -0.15) is 0 Å². The predicted molar refractivity (Wildman–Crippen MR) is 44.3 cm³/mol. The van der Waals surface area contributed by atoms with Crippen LogP contribution in [0.1, 0.15) is 6.42 Å². The Kier molecular flexibility index (Phi) is 2.56. The normalized spacial score (nSPS) is 26.8. The Bertz CT molecular complexity index is 273. The van der Waals surface area contributed by atoms with Crippen LogP contribution in [0.4, 0.5) is 4.79 Å². The number of nitrogens with one attached hydrogen (secondary N) is 1. The van der Waals surface area contributed by atoms with Gasteiger partial charge in [0.1, 0.15) is 0 Å². The fourth-order valence-corrected chi connectivity index (χ4v) is 3.14. The maximum absolute atomic E-state index is 10.9. The predicted octanol–water partition coefficient (Wildman–Crippen LogP) is -0.911. The first-order valence-electron chi connectivity index (χ1n) is 3.73. The summed E-state index contributed by atoms with van der Waals surface area (Å²) in [6, 6.07) is -0.598. The van der Waals surface area contributed by atoms with Gasteiger partial charge in [0.05, 0.1) is 11.5 Å². The van der Waals surface area contributed by atoms with Crippen molar-refractivity contribution in [1.29, 1.82) is 0 Å². The van der Waals surface area contributed by atoms with Gasteiger partial charge in [-0.05, 0) is 12.3 Å². The quantitative estimate of drug-likeness (QED) is 0.593. The van der Waals surface area contributed by atoms with Crippen LogP contribution in [0.5, 0.6) is 0 Å². The average Bonchev–Trinajstić information content (AvgIpc) is 2.26. The van der Waals surface area contributed by atoms with Crippen LogP contribution in [-0.2, 0) is 9.84 Å². The van der Waals surface area contributed by atoms with E-state index in [0.29, 0.717) is 13.0 Å². The number of carbonyl (C=O) groups excluding carboxylic acids is 1. The Balaban J connectivity index is 2.34. The maximum atomic E-state index is 10.9. The summed E-state index contributed by atoms with van der Waals surface area (Å²) in [6.07, 6.45) is 0.628. The van der Waals surface area contributed by atoms with E-state index in [1.807, 2.05) is 0 Å². The highest BCUT2D eigenvalue weighted by atomic mass is 32.2. The molecule has 12 heavy (non-hydrogen) atoms. The van der Waals surface area contributed by atoms with Crippen molar-refractivity contribution in [2.75, 3.05) is 18.1 Å². The van der Waals surface area contributed by atoms with Gasteiger partial charge in [-0.25, -0.2) is 13.2 Å². The molecule has 0 aliphatic carbocycles. The van der Waals surface area contributed by atoms with E-state index in [4.69, 9.17) is 5.73 Å². The van der Waals surface area contributed by atoms with Crippen molar-refractivity contribution in [2.24, 2.45) is 11.7 Å². The molecule has 0 saturated carbocycles. The molecule has 0 radical (unpaired) electrons. The molecule has 2 amide bonds. The van der Waals surface area contributed by atoms with Crippen molar-refractivity contribution >= 4 is 15.9 Å². The lowest BCUT2D eigenvalue weighted by Crippen LogP contribution is -2.33. The maximum Gasteiger partial charge on any atom is 0.312 e. The van der Waals surface area contributed by atoms with Crippen molar-refractivity contribution in [2.45, 2.75) is 6.42 Å². The van der Waals surface area contributed by atoms with Crippen LogP contribution in [0.2, 0.25) is 0 Å². The van der Waals surface area contributed by atoms with Crippen LogP contribution in [0.15, 0.2) is 0 Å². The Hall–Kier alpha value is -0.780. The first-order valence-corrected chi connectivity index (χ1v) is 5.55. The Labute approximate surface area is 71.2 Å². The van der Waals surface area contributed by atoms with Gasteiger partial charge in [-0.1, -0.05) is 0 Å². The first kappa shape index (κ1) is 9.31. The van der Waals surface area contributed by atoms with E-state index in [1.54, 1.807) is 0 Å². The summed E-state index contributed by atoms with van der Waals surface area (Å²) in [4.78, 5) is 10.3. The molecule has 1 aliphatic heterocycles. The zero-order valence-corrected chi connectivity index (χ0v) is 7.43. The number of hydrogen-bond donors (Lipinski definition) is 2. The molecule has 0 aromatic rings. The second-order valence-electron chi connectivity index (χ2n) is 3.01. The van der Waals surface area contributed by atoms with E-state index in [0.717, 1.165) is 0 Å². The van der Waals surface area contributed by atoms with Gasteiger partial charge < -0.3 is 11.1 Å².